The highest BCUT2D eigenvalue weighted by Crippen LogP contribution is 2.36. The summed E-state index contributed by atoms with van der Waals surface area (Å²) in [7, 11) is 1.55. The number of benzene rings is 2. The molecule has 9 heteroatoms. The number of fused-ring (bicyclic) bond motifs is 3. The predicted octanol–water partition coefficient (Wildman–Crippen LogP) is 3.38. The molecular weight excluding hydrogens is 396 g/mol. The molecule has 3 heterocycles. The first-order valence-corrected chi connectivity index (χ1v) is 10.3. The largest absolute Gasteiger partial charge is 0.497 e. The average molecular weight is 410 g/mol. The van der Waals surface area contributed by atoms with E-state index in [1.165, 1.54) is 16.7 Å². The van der Waals surface area contributed by atoms with Crippen molar-refractivity contribution in [3.8, 4) is 5.75 Å². The molecule has 0 N–H and O–H groups in total. The predicted molar refractivity (Wildman–Crippen MR) is 108 cm³/mol. The number of thioether (sulfide) groups is 1. The zero-order valence-electron chi connectivity index (χ0n) is 14.7. The SMILES string of the molecule is COc1cccc(N2C(=O)C[C@@H](Sc3nnc4sc5ccccc5n34)C2=O)c1. The number of carbonyl (C=O) groups excluding carboxylic acids is 2. The van der Waals surface area contributed by atoms with Gasteiger partial charge in [-0.2, -0.15) is 0 Å². The molecule has 1 fully saturated rings. The van der Waals surface area contributed by atoms with Gasteiger partial charge in [-0.25, -0.2) is 4.90 Å². The lowest BCUT2D eigenvalue weighted by Gasteiger charge is -2.15. The third kappa shape index (κ3) is 2.66. The lowest BCUT2D eigenvalue weighted by Crippen LogP contribution is -2.31. The third-order valence-electron chi connectivity index (χ3n) is 4.58. The van der Waals surface area contributed by atoms with Crippen LogP contribution in [0.25, 0.3) is 15.2 Å². The van der Waals surface area contributed by atoms with Gasteiger partial charge in [0.2, 0.25) is 16.8 Å². The highest BCUT2D eigenvalue weighted by molar-refractivity contribution is 8.00. The van der Waals surface area contributed by atoms with Gasteiger partial charge in [-0.3, -0.25) is 14.0 Å². The Bertz CT molecular complexity index is 1230. The summed E-state index contributed by atoms with van der Waals surface area (Å²) in [6, 6.07) is 14.9. The number of para-hydroxylation sites is 1. The summed E-state index contributed by atoms with van der Waals surface area (Å²) >= 11 is 2.82. The van der Waals surface area contributed by atoms with Crippen LogP contribution in [0.3, 0.4) is 0 Å². The van der Waals surface area contributed by atoms with Crippen LogP contribution in [0.2, 0.25) is 0 Å². The van der Waals surface area contributed by atoms with Crippen molar-refractivity contribution in [3.63, 3.8) is 0 Å². The summed E-state index contributed by atoms with van der Waals surface area (Å²) < 4.78 is 8.24. The lowest BCUT2D eigenvalue weighted by molar-refractivity contribution is -0.121. The van der Waals surface area contributed by atoms with Crippen molar-refractivity contribution in [3.05, 3.63) is 48.5 Å². The Morgan fingerprint density at radius 1 is 1.14 bits per heavy atom. The first kappa shape index (κ1) is 17.2. The summed E-state index contributed by atoms with van der Waals surface area (Å²) in [5.74, 6) is 0.115. The van der Waals surface area contributed by atoms with E-state index in [0.717, 1.165) is 15.2 Å². The Balaban J connectivity index is 1.47. The molecule has 2 aromatic carbocycles. The number of thiazole rings is 1. The average Bonchev–Trinajstić information content (AvgIpc) is 3.35. The molecule has 0 aliphatic carbocycles. The van der Waals surface area contributed by atoms with Crippen LogP contribution in [0, 0.1) is 0 Å². The maximum Gasteiger partial charge on any atom is 0.247 e. The highest BCUT2D eigenvalue weighted by Gasteiger charge is 2.41. The number of carbonyl (C=O) groups is 2. The van der Waals surface area contributed by atoms with Crippen LogP contribution in [-0.4, -0.2) is 38.8 Å². The number of amides is 2. The van der Waals surface area contributed by atoms with Crippen molar-refractivity contribution in [1.29, 1.82) is 0 Å². The summed E-state index contributed by atoms with van der Waals surface area (Å²) in [6.07, 6.45) is 0.123. The highest BCUT2D eigenvalue weighted by atomic mass is 32.2. The molecule has 7 nitrogen and oxygen atoms in total. The molecule has 5 rings (SSSR count). The van der Waals surface area contributed by atoms with E-state index in [0.29, 0.717) is 16.6 Å². The van der Waals surface area contributed by atoms with Crippen molar-refractivity contribution in [1.82, 2.24) is 14.6 Å². The lowest BCUT2D eigenvalue weighted by atomic mass is 10.3. The van der Waals surface area contributed by atoms with Crippen LogP contribution in [0.5, 0.6) is 5.75 Å². The number of anilines is 1. The summed E-state index contributed by atoms with van der Waals surface area (Å²) in [6.45, 7) is 0. The standard InChI is InChI=1S/C19H14N4O3S2/c1-26-12-6-4-5-11(9-12)22-16(24)10-15(17(22)25)28-19-21-20-18-23(19)13-7-2-3-8-14(13)27-18/h2-9,15H,10H2,1H3/t15-/m1/s1. The fourth-order valence-corrected chi connectivity index (χ4v) is 5.36. The molecule has 28 heavy (non-hydrogen) atoms. The molecule has 0 saturated carbocycles. The van der Waals surface area contributed by atoms with Gasteiger partial charge in [0.15, 0.2) is 5.16 Å². The Morgan fingerprint density at radius 3 is 2.86 bits per heavy atom. The van der Waals surface area contributed by atoms with Crippen LogP contribution in [0.15, 0.2) is 53.7 Å². The number of methoxy groups -OCH3 is 1. The normalized spacial score (nSPS) is 17.2. The molecule has 0 unspecified atom stereocenters. The van der Waals surface area contributed by atoms with Crippen molar-refractivity contribution in [2.45, 2.75) is 16.8 Å². The molecule has 1 aliphatic rings. The van der Waals surface area contributed by atoms with E-state index < -0.39 is 5.25 Å². The molecule has 0 spiro atoms. The van der Waals surface area contributed by atoms with E-state index in [1.807, 2.05) is 28.7 Å². The minimum atomic E-state index is -0.537. The van der Waals surface area contributed by atoms with E-state index >= 15 is 0 Å². The Labute approximate surface area is 167 Å². The quantitative estimate of drug-likeness (QED) is 0.480. The van der Waals surface area contributed by atoms with Crippen molar-refractivity contribution in [2.24, 2.45) is 0 Å². The molecule has 1 aliphatic heterocycles. The minimum Gasteiger partial charge on any atom is -0.497 e. The number of hydrogen-bond acceptors (Lipinski definition) is 7. The minimum absolute atomic E-state index is 0.123. The van der Waals surface area contributed by atoms with Gasteiger partial charge in [-0.15, -0.1) is 10.2 Å². The van der Waals surface area contributed by atoms with Gasteiger partial charge in [-0.1, -0.05) is 41.3 Å². The van der Waals surface area contributed by atoms with Gasteiger partial charge in [0.25, 0.3) is 0 Å². The molecule has 1 atom stereocenters. The summed E-state index contributed by atoms with van der Waals surface area (Å²) in [4.78, 5) is 27.5. The fourth-order valence-electron chi connectivity index (χ4n) is 3.28. The second-order valence-corrected chi connectivity index (χ2v) is 8.43. The van der Waals surface area contributed by atoms with Gasteiger partial charge in [0, 0.05) is 12.5 Å². The van der Waals surface area contributed by atoms with E-state index in [-0.39, 0.29) is 18.2 Å². The first-order chi connectivity index (χ1) is 13.7. The van der Waals surface area contributed by atoms with E-state index in [1.54, 1.807) is 42.7 Å². The van der Waals surface area contributed by atoms with Crippen LogP contribution in [0.4, 0.5) is 5.69 Å². The molecule has 2 aromatic heterocycles. The van der Waals surface area contributed by atoms with E-state index in [9.17, 15) is 9.59 Å². The molecule has 1 saturated heterocycles. The van der Waals surface area contributed by atoms with Gasteiger partial charge >= 0.3 is 0 Å². The van der Waals surface area contributed by atoms with Crippen molar-refractivity contribution >= 4 is 55.8 Å². The topological polar surface area (TPSA) is 76.8 Å². The van der Waals surface area contributed by atoms with Gasteiger partial charge in [-0.05, 0) is 24.3 Å². The van der Waals surface area contributed by atoms with Crippen LogP contribution < -0.4 is 9.64 Å². The summed E-state index contributed by atoms with van der Waals surface area (Å²) in [5.41, 5.74) is 1.52. The van der Waals surface area contributed by atoms with Gasteiger partial charge < -0.3 is 4.74 Å². The third-order valence-corrected chi connectivity index (χ3v) is 6.72. The second-order valence-electron chi connectivity index (χ2n) is 6.25. The second kappa shape index (κ2) is 6.61. The Kier molecular flexibility index (Phi) is 4.06. The van der Waals surface area contributed by atoms with E-state index in [2.05, 4.69) is 10.2 Å². The number of imide groups is 1. The molecular formula is C19H14N4O3S2. The van der Waals surface area contributed by atoms with Crippen molar-refractivity contribution < 1.29 is 14.3 Å². The van der Waals surface area contributed by atoms with Gasteiger partial charge in [0.1, 0.15) is 11.0 Å². The Morgan fingerprint density at radius 2 is 2.00 bits per heavy atom. The van der Waals surface area contributed by atoms with Gasteiger partial charge in [0.05, 0.1) is 23.0 Å². The van der Waals surface area contributed by atoms with Crippen molar-refractivity contribution in [2.75, 3.05) is 12.0 Å². The monoisotopic (exact) mass is 410 g/mol. The fraction of sp³-hybridized carbons (Fsp3) is 0.158. The number of aromatic nitrogens is 3. The maximum absolute atomic E-state index is 13.0. The molecule has 0 bridgehead atoms. The van der Waals surface area contributed by atoms with E-state index in [4.69, 9.17) is 4.74 Å². The smallest absolute Gasteiger partial charge is 0.247 e. The van der Waals surface area contributed by atoms with Crippen LogP contribution in [0.1, 0.15) is 6.42 Å². The zero-order chi connectivity index (χ0) is 19.3. The molecule has 2 amide bonds. The molecule has 140 valence electrons. The number of ether oxygens (including phenoxy) is 1. The number of rotatable bonds is 4. The maximum atomic E-state index is 13.0. The Hall–Kier alpha value is -2.91. The van der Waals surface area contributed by atoms with Crippen LogP contribution >= 0.6 is 23.1 Å². The first-order valence-electron chi connectivity index (χ1n) is 8.56. The molecule has 0 radical (unpaired) electrons. The molecule has 4 aromatic rings. The number of nitrogens with zero attached hydrogens (tertiary/aromatic N) is 4. The zero-order valence-corrected chi connectivity index (χ0v) is 16.4. The number of hydrogen-bond donors (Lipinski definition) is 0. The van der Waals surface area contributed by atoms with Crippen LogP contribution in [-0.2, 0) is 9.59 Å². The summed E-state index contributed by atoms with van der Waals surface area (Å²) in [5, 5.41) is 8.54.